The maximum absolute atomic E-state index is 14.2. The first-order chi connectivity index (χ1) is 9.26. The molecule has 1 aromatic carbocycles. The number of alkyl halides is 1. The van der Waals surface area contributed by atoms with Crippen molar-refractivity contribution >= 4 is 5.97 Å². The molecule has 1 aromatic rings. The van der Waals surface area contributed by atoms with E-state index in [0.29, 0.717) is 0 Å². The summed E-state index contributed by atoms with van der Waals surface area (Å²) in [6.45, 7) is 2.71. The van der Waals surface area contributed by atoms with E-state index in [1.807, 2.05) is 0 Å². The van der Waals surface area contributed by atoms with Crippen LogP contribution in [0.25, 0.3) is 0 Å². The second kappa shape index (κ2) is 6.09. The fraction of sp³-hybridized carbons (Fsp3) is 0.500. The summed E-state index contributed by atoms with van der Waals surface area (Å²) >= 11 is 0. The lowest BCUT2D eigenvalue weighted by molar-refractivity contribution is -0.150. The highest BCUT2D eigenvalue weighted by Crippen LogP contribution is 2.39. The first-order valence-electron chi connectivity index (χ1n) is 5.97. The number of aliphatic hydroxyl groups is 1. The number of rotatable bonds is 5. The molecule has 0 aromatic heterocycles. The molecule has 0 aliphatic rings. The van der Waals surface area contributed by atoms with E-state index in [1.54, 1.807) is 0 Å². The highest BCUT2D eigenvalue weighted by molar-refractivity contribution is 5.77. The third kappa shape index (κ3) is 3.19. The van der Waals surface area contributed by atoms with Gasteiger partial charge in [-0.25, -0.2) is 9.18 Å². The Morgan fingerprint density at radius 2 is 1.75 bits per heavy atom. The molecule has 0 spiro atoms. The molecule has 6 heteroatoms. The van der Waals surface area contributed by atoms with Gasteiger partial charge in [-0.15, -0.1) is 0 Å². The van der Waals surface area contributed by atoms with Crippen molar-refractivity contribution in [2.24, 2.45) is 0 Å². The number of halogens is 1. The molecule has 0 saturated carbocycles. The van der Waals surface area contributed by atoms with Crippen LogP contribution in [0, 0.1) is 0 Å². The van der Waals surface area contributed by atoms with E-state index in [-0.39, 0.29) is 22.6 Å². The van der Waals surface area contributed by atoms with E-state index in [9.17, 15) is 14.3 Å². The van der Waals surface area contributed by atoms with Gasteiger partial charge in [-0.3, -0.25) is 0 Å². The van der Waals surface area contributed by atoms with Crippen LogP contribution in [0.2, 0.25) is 0 Å². The summed E-state index contributed by atoms with van der Waals surface area (Å²) in [4.78, 5) is 11.4. The molecule has 1 unspecified atom stereocenters. The first kappa shape index (κ1) is 16.2. The molecule has 1 atom stereocenters. The lowest BCUT2D eigenvalue weighted by atomic mass is 9.94. The predicted octanol–water partition coefficient (Wildman–Crippen LogP) is 2.11. The number of hydrogen-bond acceptors (Lipinski definition) is 5. The van der Waals surface area contributed by atoms with E-state index in [0.717, 1.165) is 7.11 Å². The van der Waals surface area contributed by atoms with Gasteiger partial charge in [0, 0.05) is 17.2 Å². The Balaban J connectivity index is 3.47. The van der Waals surface area contributed by atoms with Crippen molar-refractivity contribution in [2.45, 2.75) is 25.6 Å². The Kier molecular flexibility index (Phi) is 4.94. The van der Waals surface area contributed by atoms with Gasteiger partial charge in [-0.1, -0.05) is 0 Å². The second-order valence-electron chi connectivity index (χ2n) is 4.69. The number of benzene rings is 1. The number of esters is 1. The standard InChI is InChI=1S/C14H19FO5/c1-14(2,15)9-6-8(12(16)13(17)20-5)10(18-3)7-11(9)19-4/h6-7,12,16H,1-5H3. The molecule has 0 radical (unpaired) electrons. The lowest BCUT2D eigenvalue weighted by Crippen LogP contribution is -2.17. The fourth-order valence-electron chi connectivity index (χ4n) is 1.84. The van der Waals surface area contributed by atoms with E-state index in [2.05, 4.69) is 4.74 Å². The molecule has 0 bridgehead atoms. The van der Waals surface area contributed by atoms with Gasteiger partial charge in [0.05, 0.1) is 21.3 Å². The second-order valence-corrected chi connectivity index (χ2v) is 4.69. The van der Waals surface area contributed by atoms with Gasteiger partial charge < -0.3 is 19.3 Å². The Labute approximate surface area is 117 Å². The molecule has 112 valence electrons. The van der Waals surface area contributed by atoms with Gasteiger partial charge in [0.15, 0.2) is 6.10 Å². The van der Waals surface area contributed by atoms with Crippen molar-refractivity contribution in [3.8, 4) is 11.5 Å². The summed E-state index contributed by atoms with van der Waals surface area (Å²) in [5.41, 5.74) is -1.37. The van der Waals surface area contributed by atoms with Crippen LogP contribution in [0.15, 0.2) is 12.1 Å². The van der Waals surface area contributed by atoms with E-state index in [4.69, 9.17) is 9.47 Å². The minimum absolute atomic E-state index is 0.126. The molecule has 0 aliphatic carbocycles. The SMILES string of the molecule is COC(=O)C(O)c1cc(C(C)(C)F)c(OC)cc1OC. The summed E-state index contributed by atoms with van der Waals surface area (Å²) in [6.07, 6.45) is -1.55. The highest BCUT2D eigenvalue weighted by atomic mass is 19.1. The molecule has 0 aliphatic heterocycles. The minimum Gasteiger partial charge on any atom is -0.496 e. The summed E-state index contributed by atoms with van der Waals surface area (Å²) in [5.74, 6) is -0.362. The molecule has 0 fully saturated rings. The van der Waals surface area contributed by atoms with Crippen molar-refractivity contribution in [3.05, 3.63) is 23.3 Å². The zero-order valence-electron chi connectivity index (χ0n) is 12.2. The summed E-state index contributed by atoms with van der Waals surface area (Å²) < 4.78 is 28.9. The molecule has 1 rings (SSSR count). The lowest BCUT2D eigenvalue weighted by Gasteiger charge is -2.22. The van der Waals surface area contributed by atoms with Crippen molar-refractivity contribution in [2.75, 3.05) is 21.3 Å². The Hall–Kier alpha value is -1.82. The number of carbonyl (C=O) groups is 1. The minimum atomic E-state index is -1.71. The van der Waals surface area contributed by atoms with Gasteiger partial charge >= 0.3 is 5.97 Å². The fourth-order valence-corrected chi connectivity index (χ4v) is 1.84. The Morgan fingerprint density at radius 3 is 2.15 bits per heavy atom. The van der Waals surface area contributed by atoms with E-state index in [1.165, 1.54) is 40.2 Å². The Bertz CT molecular complexity index is 493. The Morgan fingerprint density at radius 1 is 1.20 bits per heavy atom. The molecule has 0 saturated heterocycles. The van der Waals surface area contributed by atoms with Crippen LogP contribution in [0.3, 0.4) is 0 Å². The van der Waals surface area contributed by atoms with E-state index < -0.39 is 17.7 Å². The van der Waals surface area contributed by atoms with Gasteiger partial charge in [0.1, 0.15) is 17.2 Å². The van der Waals surface area contributed by atoms with Gasteiger partial charge in [0.2, 0.25) is 0 Å². The maximum atomic E-state index is 14.2. The zero-order valence-corrected chi connectivity index (χ0v) is 12.2. The van der Waals surface area contributed by atoms with Crippen LogP contribution in [0.1, 0.15) is 31.1 Å². The maximum Gasteiger partial charge on any atom is 0.339 e. The molecular weight excluding hydrogens is 267 g/mol. The number of methoxy groups -OCH3 is 3. The predicted molar refractivity (Wildman–Crippen MR) is 70.7 cm³/mol. The van der Waals surface area contributed by atoms with Crippen LogP contribution in [-0.4, -0.2) is 32.4 Å². The van der Waals surface area contributed by atoms with Crippen LogP contribution in [0.5, 0.6) is 11.5 Å². The first-order valence-corrected chi connectivity index (χ1v) is 5.97. The summed E-state index contributed by atoms with van der Waals surface area (Å²) in [7, 11) is 3.94. The number of carbonyl (C=O) groups excluding carboxylic acids is 1. The van der Waals surface area contributed by atoms with E-state index >= 15 is 0 Å². The molecule has 1 N–H and O–H groups in total. The third-order valence-corrected chi connectivity index (χ3v) is 2.91. The van der Waals surface area contributed by atoms with Crippen LogP contribution in [0.4, 0.5) is 4.39 Å². The van der Waals surface area contributed by atoms with Gasteiger partial charge in [0.25, 0.3) is 0 Å². The number of hydrogen-bond donors (Lipinski definition) is 1. The normalized spacial score (nSPS) is 12.8. The van der Waals surface area contributed by atoms with Crippen LogP contribution < -0.4 is 9.47 Å². The molecule has 0 heterocycles. The monoisotopic (exact) mass is 286 g/mol. The van der Waals surface area contributed by atoms with Crippen molar-refractivity contribution in [1.29, 1.82) is 0 Å². The number of aliphatic hydroxyl groups excluding tert-OH is 1. The van der Waals surface area contributed by atoms with Gasteiger partial charge in [-0.05, 0) is 19.9 Å². The largest absolute Gasteiger partial charge is 0.496 e. The van der Waals surface area contributed by atoms with Crippen molar-refractivity contribution in [3.63, 3.8) is 0 Å². The average molecular weight is 286 g/mol. The molecule has 5 nitrogen and oxygen atoms in total. The average Bonchev–Trinajstić information content (AvgIpc) is 2.42. The number of ether oxygens (including phenoxy) is 3. The van der Waals surface area contributed by atoms with Crippen LogP contribution in [-0.2, 0) is 15.2 Å². The van der Waals surface area contributed by atoms with Crippen molar-refractivity contribution < 1.29 is 28.5 Å². The highest BCUT2D eigenvalue weighted by Gasteiger charge is 2.29. The molecule has 20 heavy (non-hydrogen) atoms. The van der Waals surface area contributed by atoms with Crippen molar-refractivity contribution in [1.82, 2.24) is 0 Å². The third-order valence-electron chi connectivity index (χ3n) is 2.91. The zero-order chi connectivity index (χ0) is 15.5. The summed E-state index contributed by atoms with van der Waals surface area (Å²) in [5, 5.41) is 9.94. The molecule has 0 amide bonds. The summed E-state index contributed by atoms with van der Waals surface area (Å²) in [6, 6.07) is 2.78. The topological polar surface area (TPSA) is 65.0 Å². The van der Waals surface area contributed by atoms with Crippen LogP contribution >= 0.6 is 0 Å². The molecular formula is C14H19FO5. The smallest absolute Gasteiger partial charge is 0.339 e. The van der Waals surface area contributed by atoms with Gasteiger partial charge in [-0.2, -0.15) is 0 Å². The quantitative estimate of drug-likeness (QED) is 0.840.